The molecule has 4 nitrogen and oxygen atoms in total. The molecule has 1 saturated heterocycles. The molecule has 1 heterocycles. The molecule has 0 spiro atoms. The molecule has 4 N–H and O–H groups in total. The topological polar surface area (TPSA) is 89.9 Å². The summed E-state index contributed by atoms with van der Waals surface area (Å²) in [6, 6.07) is 0. The van der Waals surface area contributed by atoms with Gasteiger partial charge in [0.15, 0.2) is 7.69 Å². The largest absolute Gasteiger partial charge is 1.00 e. The van der Waals surface area contributed by atoms with Gasteiger partial charge >= 0.3 is 51.4 Å². The van der Waals surface area contributed by atoms with Crippen LogP contribution in [0.15, 0.2) is 0 Å². The van der Waals surface area contributed by atoms with Crippen LogP contribution in [0.1, 0.15) is 19.3 Å². The normalized spacial score (nSPS) is 14.4. The molecular weight excluding hydrogens is 172 g/mol. The maximum Gasteiger partial charge on any atom is 1.00 e. The minimum atomic E-state index is -0.250. The predicted octanol–water partition coefficient (Wildman–Crippen LogP) is -5.57. The van der Waals surface area contributed by atoms with Gasteiger partial charge in [0.05, 0.1) is 13.1 Å². The van der Waals surface area contributed by atoms with Crippen LogP contribution < -0.4 is 61.7 Å². The van der Waals surface area contributed by atoms with E-state index < -0.39 is 0 Å². The molecule has 0 aromatic heterocycles. The molecule has 0 atom stereocenters. The summed E-state index contributed by atoms with van der Waals surface area (Å²) in [7, 11) is -0.250. The molecule has 0 aromatic rings. The monoisotopic (exact) mass is 186 g/mol. The Morgan fingerprint density at radius 1 is 1.18 bits per heavy atom. The summed E-state index contributed by atoms with van der Waals surface area (Å²) in [5.41, 5.74) is 0. The van der Waals surface area contributed by atoms with Gasteiger partial charge in [0.2, 0.25) is 0 Å². The SMILES string of the molecule is C1CC[NH2+]CC1.[K+].[O-][B]O.[OH-]. The Hall–Kier alpha value is 1.54. The summed E-state index contributed by atoms with van der Waals surface area (Å²) in [6.07, 6.45) is 4.36. The van der Waals surface area contributed by atoms with E-state index in [4.69, 9.17) is 10.0 Å². The number of hydrogen-bond acceptors (Lipinski definition) is 3. The van der Waals surface area contributed by atoms with Crippen LogP contribution in [0.25, 0.3) is 0 Å². The number of rotatable bonds is 0. The van der Waals surface area contributed by atoms with Gasteiger partial charge in [0.1, 0.15) is 0 Å². The van der Waals surface area contributed by atoms with Gasteiger partial charge in [-0.3, -0.25) is 0 Å². The third-order valence-electron chi connectivity index (χ3n) is 1.32. The van der Waals surface area contributed by atoms with E-state index in [0.717, 1.165) is 0 Å². The molecule has 0 bridgehead atoms. The van der Waals surface area contributed by atoms with Gasteiger partial charge in [-0.2, -0.15) is 0 Å². The van der Waals surface area contributed by atoms with Crippen LogP contribution in [-0.4, -0.2) is 31.3 Å². The van der Waals surface area contributed by atoms with Gasteiger partial charge in [-0.15, -0.1) is 0 Å². The van der Waals surface area contributed by atoms with Crippen LogP contribution in [-0.2, 0) is 0 Å². The number of hydrogen-bond donors (Lipinski definition) is 2. The molecule has 1 aliphatic rings. The van der Waals surface area contributed by atoms with E-state index >= 15 is 0 Å². The van der Waals surface area contributed by atoms with Crippen LogP contribution in [0.3, 0.4) is 0 Å². The molecule has 61 valence electrons. The molecule has 11 heavy (non-hydrogen) atoms. The van der Waals surface area contributed by atoms with Crippen molar-refractivity contribution in [2.24, 2.45) is 0 Å². The van der Waals surface area contributed by atoms with Crippen molar-refractivity contribution in [2.45, 2.75) is 19.3 Å². The molecular formula is C5H14BKNO3. The maximum atomic E-state index is 8.36. The standard InChI is InChI=1S/C5H11N.BHO2.K.H2O/c1-2-4-6-5-3-1;2-1-3;;/h6H,1-5H2;2H;;1H2/q;-1;+1;. The summed E-state index contributed by atoms with van der Waals surface area (Å²) >= 11 is 0. The van der Waals surface area contributed by atoms with Gasteiger partial charge < -0.3 is 20.8 Å². The zero-order valence-corrected chi connectivity index (χ0v) is 10.1. The number of quaternary nitrogens is 1. The van der Waals surface area contributed by atoms with Crippen molar-refractivity contribution in [3.05, 3.63) is 0 Å². The molecule has 0 saturated carbocycles. The fourth-order valence-corrected chi connectivity index (χ4v) is 0.898. The van der Waals surface area contributed by atoms with Crippen molar-refractivity contribution in [2.75, 3.05) is 13.1 Å². The van der Waals surface area contributed by atoms with Gasteiger partial charge in [-0.25, -0.2) is 0 Å². The Kier molecular flexibility index (Phi) is 29.3. The smallest absolute Gasteiger partial charge is 0.870 e. The van der Waals surface area contributed by atoms with Crippen molar-refractivity contribution >= 4 is 7.69 Å². The molecule has 0 amide bonds. The second-order valence-electron chi connectivity index (χ2n) is 2.03. The fourth-order valence-electron chi connectivity index (χ4n) is 0.898. The molecule has 1 fully saturated rings. The van der Waals surface area contributed by atoms with E-state index in [2.05, 4.69) is 5.32 Å². The molecule has 0 unspecified atom stereocenters. The van der Waals surface area contributed by atoms with Gasteiger partial charge in [-0.05, 0) is 19.3 Å². The van der Waals surface area contributed by atoms with E-state index in [0.29, 0.717) is 0 Å². The Morgan fingerprint density at radius 3 is 1.64 bits per heavy atom. The first kappa shape index (κ1) is 18.4. The molecule has 1 aliphatic heterocycles. The third kappa shape index (κ3) is 18.5. The third-order valence-corrected chi connectivity index (χ3v) is 1.32. The summed E-state index contributed by atoms with van der Waals surface area (Å²) in [5, 5.41) is 17.6. The van der Waals surface area contributed by atoms with Crippen LogP contribution in [0.2, 0.25) is 0 Å². The van der Waals surface area contributed by atoms with E-state index in [9.17, 15) is 0 Å². The van der Waals surface area contributed by atoms with Crippen molar-refractivity contribution in [1.29, 1.82) is 0 Å². The van der Waals surface area contributed by atoms with Crippen LogP contribution in [0.4, 0.5) is 0 Å². The van der Waals surface area contributed by atoms with Crippen LogP contribution >= 0.6 is 0 Å². The molecule has 1 rings (SSSR count). The second kappa shape index (κ2) is 17.6. The van der Waals surface area contributed by atoms with Crippen molar-refractivity contribution < 1.29 is 72.2 Å². The van der Waals surface area contributed by atoms with Crippen molar-refractivity contribution in [1.82, 2.24) is 0 Å². The Morgan fingerprint density at radius 2 is 1.55 bits per heavy atom. The zero-order valence-electron chi connectivity index (χ0n) is 6.99. The first-order valence-electron chi connectivity index (χ1n) is 3.31. The minimum Gasteiger partial charge on any atom is -0.870 e. The molecule has 0 aliphatic carbocycles. The maximum absolute atomic E-state index is 8.36. The van der Waals surface area contributed by atoms with E-state index in [1.807, 2.05) is 0 Å². The first-order chi connectivity index (χ1) is 4.41. The Bertz CT molecular complexity index is 45.5. The van der Waals surface area contributed by atoms with E-state index in [-0.39, 0.29) is 64.5 Å². The fraction of sp³-hybridized carbons (Fsp3) is 1.00. The quantitative estimate of drug-likeness (QED) is 0.369. The molecule has 1 radical (unpaired) electrons. The molecule has 6 heteroatoms. The average molecular weight is 186 g/mol. The van der Waals surface area contributed by atoms with Gasteiger partial charge in [0, 0.05) is 0 Å². The van der Waals surface area contributed by atoms with Gasteiger partial charge in [-0.1, -0.05) is 0 Å². The van der Waals surface area contributed by atoms with Crippen LogP contribution in [0.5, 0.6) is 0 Å². The molecule has 0 aromatic carbocycles. The summed E-state index contributed by atoms with van der Waals surface area (Å²) in [5.74, 6) is 0. The Balaban J connectivity index is -0.000000116. The average Bonchev–Trinajstić information content (AvgIpc) is 1.93. The Labute approximate surface area is 111 Å². The zero-order chi connectivity index (χ0) is 6.95. The first-order valence-corrected chi connectivity index (χ1v) is 3.31. The van der Waals surface area contributed by atoms with E-state index in [1.54, 1.807) is 0 Å². The minimum absolute atomic E-state index is 0. The number of piperidine rings is 1. The summed E-state index contributed by atoms with van der Waals surface area (Å²) < 4.78 is 0. The van der Waals surface area contributed by atoms with Crippen molar-refractivity contribution in [3.63, 3.8) is 0 Å². The summed E-state index contributed by atoms with van der Waals surface area (Å²) in [4.78, 5) is 0. The van der Waals surface area contributed by atoms with E-state index in [1.165, 1.54) is 32.4 Å². The number of nitrogens with two attached hydrogens (primary N) is 1. The summed E-state index contributed by atoms with van der Waals surface area (Å²) in [6.45, 7) is 2.75. The van der Waals surface area contributed by atoms with Crippen LogP contribution in [0, 0.1) is 0 Å². The second-order valence-corrected chi connectivity index (χ2v) is 2.03. The van der Waals surface area contributed by atoms with Crippen molar-refractivity contribution in [3.8, 4) is 0 Å². The van der Waals surface area contributed by atoms with Gasteiger partial charge in [0.25, 0.3) is 0 Å². The predicted molar refractivity (Wildman–Crippen MR) is 35.4 cm³/mol.